The maximum absolute atomic E-state index is 12.5. The molecule has 0 radical (unpaired) electrons. The van der Waals surface area contributed by atoms with Crippen LogP contribution in [0.15, 0.2) is 24.3 Å². The number of benzene rings is 1. The standard InChI is InChI=1S/C15H15ClN2O5S/c1-15(8-16)13(17-11(19)6-12(17)24-15)14(20)23-7-9-2-4-10(5-3-9)18(21)22/h2-5,12-13H,6-8H2,1H3/t12-,13+,15-/m1/s1. The zero-order valence-electron chi connectivity index (χ0n) is 12.8. The van der Waals surface area contributed by atoms with Crippen LogP contribution in [0, 0.1) is 10.1 Å². The van der Waals surface area contributed by atoms with E-state index >= 15 is 0 Å². The molecule has 3 atom stereocenters. The topological polar surface area (TPSA) is 89.8 Å². The quantitative estimate of drug-likeness (QED) is 0.260. The number of carbonyl (C=O) groups is 2. The highest BCUT2D eigenvalue weighted by molar-refractivity contribution is 8.01. The highest BCUT2D eigenvalue weighted by atomic mass is 35.5. The van der Waals surface area contributed by atoms with E-state index in [1.165, 1.54) is 36.0 Å². The van der Waals surface area contributed by atoms with E-state index in [4.69, 9.17) is 16.3 Å². The summed E-state index contributed by atoms with van der Waals surface area (Å²) in [5.41, 5.74) is 0.611. The highest BCUT2D eigenvalue weighted by Gasteiger charge is 2.60. The van der Waals surface area contributed by atoms with Gasteiger partial charge in [-0.25, -0.2) is 4.79 Å². The number of hydrogen-bond donors (Lipinski definition) is 0. The second kappa shape index (κ2) is 6.25. The number of β-lactam (4-membered cyclic amide) rings is 1. The lowest BCUT2D eigenvalue weighted by molar-refractivity contribution is -0.384. The monoisotopic (exact) mass is 370 g/mol. The Bertz CT molecular complexity index is 698. The Labute approximate surface area is 147 Å². The molecule has 24 heavy (non-hydrogen) atoms. The van der Waals surface area contributed by atoms with Crippen molar-refractivity contribution in [3.63, 3.8) is 0 Å². The fourth-order valence-corrected chi connectivity index (χ4v) is 4.83. The number of fused-ring (bicyclic) bond motifs is 1. The van der Waals surface area contributed by atoms with Crippen LogP contribution in [0.5, 0.6) is 0 Å². The molecule has 0 bridgehead atoms. The summed E-state index contributed by atoms with van der Waals surface area (Å²) in [7, 11) is 0. The first-order valence-corrected chi connectivity index (χ1v) is 8.72. The summed E-state index contributed by atoms with van der Waals surface area (Å²) in [6, 6.07) is 5.07. The molecule has 128 valence electrons. The highest BCUT2D eigenvalue weighted by Crippen LogP contribution is 2.51. The average Bonchev–Trinajstić information content (AvgIpc) is 2.81. The van der Waals surface area contributed by atoms with Crippen molar-refractivity contribution in [3.05, 3.63) is 39.9 Å². The zero-order valence-corrected chi connectivity index (χ0v) is 14.4. The average molecular weight is 371 g/mol. The van der Waals surface area contributed by atoms with Gasteiger partial charge in [-0.05, 0) is 24.6 Å². The zero-order chi connectivity index (χ0) is 17.5. The van der Waals surface area contributed by atoms with Gasteiger partial charge in [-0.3, -0.25) is 14.9 Å². The third-order valence-electron chi connectivity index (χ3n) is 4.23. The van der Waals surface area contributed by atoms with Crippen molar-refractivity contribution >= 4 is 40.9 Å². The van der Waals surface area contributed by atoms with E-state index in [1.54, 1.807) is 4.90 Å². The number of thioether (sulfide) groups is 1. The van der Waals surface area contributed by atoms with Gasteiger partial charge in [0.15, 0.2) is 0 Å². The van der Waals surface area contributed by atoms with Crippen LogP contribution in [0.4, 0.5) is 5.69 Å². The summed E-state index contributed by atoms with van der Waals surface area (Å²) >= 11 is 7.55. The molecule has 0 unspecified atom stereocenters. The molecule has 2 aliphatic heterocycles. The summed E-state index contributed by atoms with van der Waals surface area (Å²) in [6.45, 7) is 1.84. The van der Waals surface area contributed by atoms with E-state index < -0.39 is 21.7 Å². The first kappa shape index (κ1) is 17.0. The normalized spacial score (nSPS) is 28.2. The molecule has 0 N–H and O–H groups in total. The Morgan fingerprint density at radius 1 is 1.50 bits per heavy atom. The maximum Gasteiger partial charge on any atom is 0.330 e. The van der Waals surface area contributed by atoms with E-state index in [9.17, 15) is 19.7 Å². The molecule has 0 spiro atoms. The van der Waals surface area contributed by atoms with E-state index in [0.29, 0.717) is 12.0 Å². The van der Waals surface area contributed by atoms with Crippen molar-refractivity contribution in [2.45, 2.75) is 36.1 Å². The van der Waals surface area contributed by atoms with Crippen LogP contribution in [0.2, 0.25) is 0 Å². The van der Waals surface area contributed by atoms with Crippen LogP contribution in [0.1, 0.15) is 18.9 Å². The molecule has 0 saturated carbocycles. The number of esters is 1. The Morgan fingerprint density at radius 3 is 2.71 bits per heavy atom. The van der Waals surface area contributed by atoms with Gasteiger partial charge in [-0.2, -0.15) is 0 Å². The third-order valence-corrected chi connectivity index (χ3v) is 6.51. The van der Waals surface area contributed by atoms with Crippen molar-refractivity contribution in [1.29, 1.82) is 0 Å². The SMILES string of the molecule is C[C@]1(CCl)S[C@@H]2CC(=O)N2[C@H]1C(=O)OCc1ccc([N+](=O)[O-])cc1. The summed E-state index contributed by atoms with van der Waals surface area (Å²) in [4.78, 5) is 36.0. The number of nitrogens with zero attached hydrogens (tertiary/aromatic N) is 2. The van der Waals surface area contributed by atoms with Crippen LogP contribution in [0.25, 0.3) is 0 Å². The predicted octanol–water partition coefficient (Wildman–Crippen LogP) is 2.31. The number of halogens is 1. The van der Waals surface area contributed by atoms with Gasteiger partial charge in [0.1, 0.15) is 12.6 Å². The number of non-ortho nitro benzene ring substituents is 1. The second-order valence-corrected chi connectivity index (χ2v) is 7.94. The number of ether oxygens (including phenoxy) is 1. The Kier molecular flexibility index (Phi) is 4.44. The number of alkyl halides is 1. The molecule has 1 aromatic rings. The Morgan fingerprint density at radius 2 is 2.17 bits per heavy atom. The van der Waals surface area contributed by atoms with Crippen LogP contribution in [0.3, 0.4) is 0 Å². The first-order valence-electron chi connectivity index (χ1n) is 7.30. The van der Waals surface area contributed by atoms with Gasteiger partial charge in [0.2, 0.25) is 5.91 Å². The smallest absolute Gasteiger partial charge is 0.330 e. The molecule has 2 heterocycles. The Balaban J connectivity index is 1.67. The van der Waals surface area contributed by atoms with Crippen LogP contribution in [-0.4, -0.2) is 43.7 Å². The van der Waals surface area contributed by atoms with Gasteiger partial charge in [-0.1, -0.05) is 0 Å². The van der Waals surface area contributed by atoms with Crippen LogP contribution < -0.4 is 0 Å². The summed E-state index contributed by atoms with van der Waals surface area (Å²) in [5.74, 6) is -0.340. The molecule has 7 nitrogen and oxygen atoms in total. The van der Waals surface area contributed by atoms with Crippen molar-refractivity contribution in [1.82, 2.24) is 4.90 Å². The van der Waals surface area contributed by atoms with Crippen LogP contribution in [-0.2, 0) is 20.9 Å². The number of rotatable bonds is 5. The number of carbonyl (C=O) groups excluding carboxylic acids is 2. The van der Waals surface area contributed by atoms with Gasteiger partial charge >= 0.3 is 5.97 Å². The lowest BCUT2D eigenvalue weighted by Crippen LogP contribution is -2.58. The molecule has 2 aliphatic rings. The maximum atomic E-state index is 12.5. The Hall–Kier alpha value is -1.80. The number of amides is 1. The van der Waals surface area contributed by atoms with Crippen molar-refractivity contribution in [3.8, 4) is 0 Å². The minimum absolute atomic E-state index is 0.0109. The van der Waals surface area contributed by atoms with Gasteiger partial charge in [-0.15, -0.1) is 23.4 Å². The van der Waals surface area contributed by atoms with Gasteiger partial charge in [0.25, 0.3) is 5.69 Å². The van der Waals surface area contributed by atoms with E-state index in [1.807, 2.05) is 6.92 Å². The minimum atomic E-state index is -0.704. The number of nitro benzene ring substituents is 1. The number of hydrogen-bond acceptors (Lipinski definition) is 6. The lowest BCUT2D eigenvalue weighted by atomic mass is 9.98. The van der Waals surface area contributed by atoms with Crippen molar-refractivity contribution < 1.29 is 19.2 Å². The second-order valence-electron chi connectivity index (χ2n) is 5.96. The van der Waals surface area contributed by atoms with Crippen molar-refractivity contribution in [2.75, 3.05) is 5.88 Å². The summed E-state index contributed by atoms with van der Waals surface area (Å²) in [6.07, 6.45) is 0.420. The molecule has 1 amide bonds. The molecule has 0 aliphatic carbocycles. The first-order chi connectivity index (χ1) is 11.4. The van der Waals surface area contributed by atoms with Gasteiger partial charge in [0, 0.05) is 18.0 Å². The largest absolute Gasteiger partial charge is 0.459 e. The molecular weight excluding hydrogens is 356 g/mol. The van der Waals surface area contributed by atoms with E-state index in [0.717, 1.165) is 0 Å². The fraction of sp³-hybridized carbons (Fsp3) is 0.467. The van der Waals surface area contributed by atoms with Gasteiger partial charge in [0.05, 0.1) is 21.5 Å². The minimum Gasteiger partial charge on any atom is -0.459 e. The molecule has 1 aromatic carbocycles. The predicted molar refractivity (Wildman–Crippen MR) is 88.6 cm³/mol. The molecule has 9 heteroatoms. The molecule has 3 rings (SSSR count). The van der Waals surface area contributed by atoms with Gasteiger partial charge < -0.3 is 9.64 Å². The molecule has 2 fully saturated rings. The number of nitro groups is 1. The third kappa shape index (κ3) is 2.84. The summed E-state index contributed by atoms with van der Waals surface area (Å²) < 4.78 is 4.76. The molecular formula is C15H15ClN2O5S. The van der Waals surface area contributed by atoms with E-state index in [-0.39, 0.29) is 29.5 Å². The molecule has 0 aromatic heterocycles. The molecule has 2 saturated heterocycles. The summed E-state index contributed by atoms with van der Waals surface area (Å²) in [5, 5.41) is 10.6. The van der Waals surface area contributed by atoms with Crippen LogP contribution >= 0.6 is 23.4 Å². The van der Waals surface area contributed by atoms with E-state index in [2.05, 4.69) is 0 Å². The fourth-order valence-electron chi connectivity index (χ4n) is 2.89. The van der Waals surface area contributed by atoms with Crippen molar-refractivity contribution in [2.24, 2.45) is 0 Å². The lowest BCUT2D eigenvalue weighted by Gasteiger charge is -2.37.